The highest BCUT2D eigenvalue weighted by Gasteiger charge is 2.19. The van der Waals surface area contributed by atoms with Gasteiger partial charge >= 0.3 is 0 Å². The van der Waals surface area contributed by atoms with Gasteiger partial charge in [-0.3, -0.25) is 4.79 Å². The van der Waals surface area contributed by atoms with Crippen LogP contribution < -0.4 is 10.5 Å². The van der Waals surface area contributed by atoms with Crippen molar-refractivity contribution >= 4 is 39.7 Å². The Kier molecular flexibility index (Phi) is 4.64. The lowest BCUT2D eigenvalue weighted by atomic mass is 10.1. The first-order valence-electron chi connectivity index (χ1n) is 8.26. The number of rotatable bonds is 4. The van der Waals surface area contributed by atoms with Crippen LogP contribution in [-0.2, 0) is 11.4 Å². The average Bonchev–Trinajstić information content (AvgIpc) is 2.98. The number of carbonyl (C=O) groups excluding carboxylic acids is 1. The highest BCUT2D eigenvalue weighted by Crippen LogP contribution is 2.28. The van der Waals surface area contributed by atoms with Crippen molar-refractivity contribution in [2.45, 2.75) is 6.61 Å². The number of amides is 1. The van der Waals surface area contributed by atoms with Gasteiger partial charge in [-0.05, 0) is 58.4 Å². The second-order valence-electron chi connectivity index (χ2n) is 6.01. The minimum absolute atomic E-state index is 0.170. The molecule has 0 aliphatic carbocycles. The van der Waals surface area contributed by atoms with Crippen molar-refractivity contribution in [3.63, 3.8) is 0 Å². The minimum atomic E-state index is -0.311. The fourth-order valence-corrected chi connectivity index (χ4v) is 3.46. The third-order valence-corrected chi connectivity index (χ3v) is 4.94. The molecule has 0 fully saturated rings. The van der Waals surface area contributed by atoms with Crippen LogP contribution >= 0.6 is 11.8 Å². The summed E-state index contributed by atoms with van der Waals surface area (Å²) in [7, 11) is 0. The van der Waals surface area contributed by atoms with Gasteiger partial charge in [-0.15, -0.1) is 0 Å². The summed E-state index contributed by atoms with van der Waals surface area (Å²) in [5.74, 6) is 0.0777. The van der Waals surface area contributed by atoms with E-state index in [1.165, 1.54) is 17.8 Å². The molecule has 134 valence electrons. The molecule has 2 N–H and O–H groups in total. The van der Waals surface area contributed by atoms with Crippen LogP contribution in [0.15, 0.2) is 70.6 Å². The highest BCUT2D eigenvalue weighted by atomic mass is 32.2. The topological polar surface area (TPSA) is 64.7 Å². The van der Waals surface area contributed by atoms with Crippen molar-refractivity contribution in [1.82, 2.24) is 0 Å². The molecule has 0 saturated carbocycles. The molecular weight excluding hydrogens is 363 g/mol. The van der Waals surface area contributed by atoms with Gasteiger partial charge in [0.05, 0.1) is 4.91 Å². The fourth-order valence-electron chi connectivity index (χ4n) is 2.78. The Morgan fingerprint density at radius 1 is 1.07 bits per heavy atom. The monoisotopic (exact) mass is 378 g/mol. The zero-order chi connectivity index (χ0) is 18.8. The standard InChI is InChI=1S/C21H15FN2O2S/c22-18-4-2-1-3-16(18)12-26-17-8-7-14-9-13(5-6-15(14)11-17)10-19-20(25)24-21(23)27-19/h1-11H,12H2,(H2,23,24,25)/b19-10+. The van der Waals surface area contributed by atoms with Gasteiger partial charge in [0.15, 0.2) is 5.17 Å². The number of hydrogen-bond acceptors (Lipinski definition) is 4. The second-order valence-corrected chi connectivity index (χ2v) is 7.08. The van der Waals surface area contributed by atoms with Crippen LogP contribution in [0.4, 0.5) is 4.39 Å². The zero-order valence-corrected chi connectivity index (χ0v) is 15.0. The summed E-state index contributed by atoms with van der Waals surface area (Å²) >= 11 is 1.17. The smallest absolute Gasteiger partial charge is 0.286 e. The predicted octanol–water partition coefficient (Wildman–Crippen LogP) is 4.49. The van der Waals surface area contributed by atoms with Gasteiger partial charge in [-0.2, -0.15) is 4.99 Å². The van der Waals surface area contributed by atoms with E-state index < -0.39 is 0 Å². The minimum Gasteiger partial charge on any atom is -0.489 e. The lowest BCUT2D eigenvalue weighted by Gasteiger charge is -2.08. The van der Waals surface area contributed by atoms with Crippen LogP contribution in [0.3, 0.4) is 0 Å². The van der Waals surface area contributed by atoms with Crippen LogP contribution in [-0.4, -0.2) is 11.1 Å². The van der Waals surface area contributed by atoms with Crippen molar-refractivity contribution in [2.75, 3.05) is 0 Å². The van der Waals surface area contributed by atoms with Crippen molar-refractivity contribution in [2.24, 2.45) is 10.7 Å². The number of nitrogens with two attached hydrogens (primary N) is 1. The van der Waals surface area contributed by atoms with Gasteiger partial charge in [-0.25, -0.2) is 4.39 Å². The highest BCUT2D eigenvalue weighted by molar-refractivity contribution is 8.18. The molecule has 0 radical (unpaired) electrons. The molecule has 3 aromatic rings. The number of benzene rings is 3. The predicted molar refractivity (Wildman–Crippen MR) is 107 cm³/mol. The molecule has 27 heavy (non-hydrogen) atoms. The van der Waals surface area contributed by atoms with Crippen LogP contribution in [0, 0.1) is 5.82 Å². The molecular formula is C21H15FN2O2S. The number of halogens is 1. The molecule has 4 nitrogen and oxygen atoms in total. The molecule has 0 unspecified atom stereocenters. The molecule has 0 bridgehead atoms. The van der Waals surface area contributed by atoms with Crippen LogP contribution in [0.5, 0.6) is 5.75 Å². The second kappa shape index (κ2) is 7.25. The summed E-state index contributed by atoms with van der Waals surface area (Å²) in [6.07, 6.45) is 1.78. The summed E-state index contributed by atoms with van der Waals surface area (Å²) in [6.45, 7) is 0.170. The van der Waals surface area contributed by atoms with Crippen LogP contribution in [0.25, 0.3) is 16.8 Å². The van der Waals surface area contributed by atoms with E-state index >= 15 is 0 Å². The molecule has 3 aromatic carbocycles. The Labute approximate surface area is 159 Å². The molecule has 1 aliphatic rings. The van der Waals surface area contributed by atoms with E-state index in [0.717, 1.165) is 16.3 Å². The van der Waals surface area contributed by atoms with Crippen LogP contribution in [0.1, 0.15) is 11.1 Å². The molecule has 1 aliphatic heterocycles. The molecule has 0 atom stereocenters. The average molecular weight is 378 g/mol. The number of amidine groups is 1. The van der Waals surface area contributed by atoms with E-state index in [1.807, 2.05) is 36.4 Å². The SMILES string of the molecule is NC1=NC(=O)/C(=C\c2ccc3cc(OCc4ccccc4F)ccc3c2)S1. The number of carbonyl (C=O) groups is 1. The number of nitrogens with zero attached hydrogens (tertiary/aromatic N) is 1. The molecule has 1 amide bonds. The summed E-state index contributed by atoms with van der Waals surface area (Å²) in [5, 5.41) is 2.26. The van der Waals surface area contributed by atoms with Gasteiger partial charge in [0, 0.05) is 5.56 Å². The molecule has 0 aromatic heterocycles. The first-order chi connectivity index (χ1) is 13.1. The maximum atomic E-state index is 13.7. The van der Waals surface area contributed by atoms with Crippen LogP contribution in [0.2, 0.25) is 0 Å². The maximum Gasteiger partial charge on any atom is 0.286 e. The number of aliphatic imine (C=N–C) groups is 1. The quantitative estimate of drug-likeness (QED) is 0.680. The Morgan fingerprint density at radius 2 is 1.85 bits per heavy atom. The van der Waals surface area contributed by atoms with E-state index in [-0.39, 0.29) is 23.5 Å². The first kappa shape index (κ1) is 17.3. The largest absolute Gasteiger partial charge is 0.489 e. The fraction of sp³-hybridized carbons (Fsp3) is 0.0476. The molecule has 1 heterocycles. The van der Waals surface area contributed by atoms with E-state index in [2.05, 4.69) is 4.99 Å². The molecule has 0 saturated heterocycles. The lowest BCUT2D eigenvalue weighted by molar-refractivity contribution is -0.113. The summed E-state index contributed by atoms with van der Waals surface area (Å²) in [4.78, 5) is 15.9. The Bertz CT molecular complexity index is 1110. The third kappa shape index (κ3) is 3.85. The first-order valence-corrected chi connectivity index (χ1v) is 9.08. The Morgan fingerprint density at radius 3 is 2.63 bits per heavy atom. The maximum absolute atomic E-state index is 13.7. The van der Waals surface area contributed by atoms with E-state index in [1.54, 1.807) is 24.3 Å². The molecule has 6 heteroatoms. The number of ether oxygens (including phenoxy) is 1. The number of thioether (sulfide) groups is 1. The molecule has 0 spiro atoms. The molecule has 4 rings (SSSR count). The van der Waals surface area contributed by atoms with E-state index in [4.69, 9.17) is 10.5 Å². The van der Waals surface area contributed by atoms with Gasteiger partial charge in [0.1, 0.15) is 18.2 Å². The summed E-state index contributed by atoms with van der Waals surface area (Å²) < 4.78 is 19.4. The lowest BCUT2D eigenvalue weighted by Crippen LogP contribution is -2.01. The van der Waals surface area contributed by atoms with Gasteiger partial charge in [0.2, 0.25) is 0 Å². The third-order valence-electron chi connectivity index (χ3n) is 4.12. The Hall–Kier alpha value is -3.12. The summed E-state index contributed by atoms with van der Waals surface area (Å²) in [6, 6.07) is 18.1. The van der Waals surface area contributed by atoms with Crippen molar-refractivity contribution in [1.29, 1.82) is 0 Å². The number of hydrogen-bond donors (Lipinski definition) is 1. The van der Waals surface area contributed by atoms with E-state index in [0.29, 0.717) is 16.2 Å². The van der Waals surface area contributed by atoms with Gasteiger partial charge < -0.3 is 10.5 Å². The zero-order valence-electron chi connectivity index (χ0n) is 14.2. The van der Waals surface area contributed by atoms with Crippen molar-refractivity contribution in [3.8, 4) is 5.75 Å². The van der Waals surface area contributed by atoms with Crippen molar-refractivity contribution in [3.05, 3.63) is 82.5 Å². The van der Waals surface area contributed by atoms with Crippen molar-refractivity contribution < 1.29 is 13.9 Å². The van der Waals surface area contributed by atoms with Gasteiger partial charge in [-0.1, -0.05) is 36.4 Å². The normalized spacial score (nSPS) is 15.4. The Balaban J connectivity index is 1.53. The number of fused-ring (bicyclic) bond motifs is 1. The van der Waals surface area contributed by atoms with E-state index in [9.17, 15) is 9.18 Å². The van der Waals surface area contributed by atoms with Gasteiger partial charge in [0.25, 0.3) is 5.91 Å². The summed E-state index contributed by atoms with van der Waals surface area (Å²) in [5.41, 5.74) is 6.98.